The lowest BCUT2D eigenvalue weighted by molar-refractivity contribution is 0.0998. The van der Waals surface area contributed by atoms with E-state index in [9.17, 15) is 4.79 Å². The third kappa shape index (κ3) is 1.91. The highest BCUT2D eigenvalue weighted by atomic mass is 79.9. The van der Waals surface area contributed by atoms with Gasteiger partial charge in [0.1, 0.15) is 5.58 Å². The largest absolute Gasteiger partial charge is 0.450 e. The molecule has 0 fully saturated rings. The minimum absolute atomic E-state index is 0.262. The number of nitrogens with zero attached hydrogens (tertiary/aromatic N) is 1. The van der Waals surface area contributed by atoms with Crippen LogP contribution >= 0.6 is 15.9 Å². The Balaban J connectivity index is 1.94. The second kappa shape index (κ2) is 4.30. The summed E-state index contributed by atoms with van der Waals surface area (Å²) in [5.74, 6) is -0.0439. The van der Waals surface area contributed by atoms with Crippen molar-refractivity contribution in [1.29, 1.82) is 0 Å². The number of halogens is 1. The monoisotopic (exact) mass is 305 g/mol. The summed E-state index contributed by atoms with van der Waals surface area (Å²) < 4.78 is 6.34. The van der Waals surface area contributed by atoms with Gasteiger partial charge in [0.05, 0.1) is 16.4 Å². The van der Waals surface area contributed by atoms with Gasteiger partial charge in [-0.3, -0.25) is 9.89 Å². The number of aromatic nitrogens is 2. The first-order chi connectivity index (χ1) is 8.74. The summed E-state index contributed by atoms with van der Waals surface area (Å²) in [6.45, 7) is 0. The molecule has 0 saturated heterocycles. The molecule has 6 heteroatoms. The Kier molecular flexibility index (Phi) is 2.64. The smallest absolute Gasteiger partial charge is 0.291 e. The Morgan fingerprint density at radius 1 is 1.44 bits per heavy atom. The predicted octanol–water partition coefficient (Wildman–Crippen LogP) is 3.17. The average molecular weight is 306 g/mol. The molecule has 0 unspecified atom stereocenters. The molecular weight excluding hydrogens is 298 g/mol. The second-order valence-corrected chi connectivity index (χ2v) is 4.56. The third-order valence-electron chi connectivity index (χ3n) is 2.48. The maximum atomic E-state index is 11.9. The zero-order valence-corrected chi connectivity index (χ0v) is 10.7. The minimum Gasteiger partial charge on any atom is -0.450 e. The molecule has 1 aromatic carbocycles. The maximum absolute atomic E-state index is 11.9. The number of fused-ring (bicyclic) bond motifs is 1. The lowest BCUT2D eigenvalue weighted by atomic mass is 10.2. The molecule has 0 saturated carbocycles. The van der Waals surface area contributed by atoms with Gasteiger partial charge in [0.25, 0.3) is 5.91 Å². The van der Waals surface area contributed by atoms with E-state index in [0.717, 1.165) is 9.86 Å². The third-order valence-corrected chi connectivity index (χ3v) is 3.10. The summed E-state index contributed by atoms with van der Waals surface area (Å²) in [6.07, 6.45) is 3.12. The zero-order valence-electron chi connectivity index (χ0n) is 9.11. The molecule has 0 aliphatic rings. The highest BCUT2D eigenvalue weighted by Crippen LogP contribution is 2.27. The van der Waals surface area contributed by atoms with Crippen molar-refractivity contribution in [2.75, 3.05) is 5.32 Å². The van der Waals surface area contributed by atoms with Gasteiger partial charge in [0.15, 0.2) is 5.76 Å². The van der Waals surface area contributed by atoms with Gasteiger partial charge in [-0.1, -0.05) is 12.1 Å². The second-order valence-electron chi connectivity index (χ2n) is 3.71. The lowest BCUT2D eigenvalue weighted by Gasteiger charge is -1.97. The van der Waals surface area contributed by atoms with Crippen LogP contribution in [0.3, 0.4) is 0 Å². The Bertz CT molecular complexity index is 703. The lowest BCUT2D eigenvalue weighted by Crippen LogP contribution is -2.09. The van der Waals surface area contributed by atoms with Crippen molar-refractivity contribution in [3.63, 3.8) is 0 Å². The number of hydrogen-bond acceptors (Lipinski definition) is 3. The number of furan rings is 1. The number of anilines is 1. The number of amides is 1. The van der Waals surface area contributed by atoms with Gasteiger partial charge >= 0.3 is 0 Å². The van der Waals surface area contributed by atoms with Gasteiger partial charge in [0, 0.05) is 11.6 Å². The molecule has 0 radical (unpaired) electrons. The van der Waals surface area contributed by atoms with E-state index in [2.05, 4.69) is 31.4 Å². The van der Waals surface area contributed by atoms with Gasteiger partial charge in [-0.2, -0.15) is 5.10 Å². The summed E-state index contributed by atoms with van der Waals surface area (Å²) in [4.78, 5) is 11.9. The Labute approximate surface area is 110 Å². The standard InChI is InChI=1S/C12H8BrN3O2/c13-9-3-1-2-7-4-10(18-11(7)9)12(17)16-8-5-14-15-6-8/h1-6H,(H,14,15)(H,16,17). The van der Waals surface area contributed by atoms with Crippen LogP contribution in [0.5, 0.6) is 0 Å². The quantitative estimate of drug-likeness (QED) is 0.764. The van der Waals surface area contributed by atoms with Crippen LogP contribution in [0.15, 0.2) is 45.5 Å². The van der Waals surface area contributed by atoms with Crippen LogP contribution in [0.25, 0.3) is 11.0 Å². The van der Waals surface area contributed by atoms with Crippen molar-refractivity contribution < 1.29 is 9.21 Å². The summed E-state index contributed by atoms with van der Waals surface area (Å²) in [5.41, 5.74) is 1.26. The van der Waals surface area contributed by atoms with Crippen LogP contribution < -0.4 is 5.32 Å². The summed E-state index contributed by atoms with van der Waals surface area (Å²) in [6, 6.07) is 7.34. The van der Waals surface area contributed by atoms with Crippen LogP contribution in [-0.2, 0) is 0 Å². The SMILES string of the molecule is O=C(Nc1cn[nH]c1)c1cc2cccc(Br)c2o1. The van der Waals surface area contributed by atoms with Crippen molar-refractivity contribution in [2.45, 2.75) is 0 Å². The Hall–Kier alpha value is -2.08. The fourth-order valence-corrected chi connectivity index (χ4v) is 2.11. The van der Waals surface area contributed by atoms with Gasteiger partial charge in [-0.25, -0.2) is 0 Å². The normalized spacial score (nSPS) is 10.7. The van der Waals surface area contributed by atoms with Crippen molar-refractivity contribution in [2.24, 2.45) is 0 Å². The highest BCUT2D eigenvalue weighted by molar-refractivity contribution is 9.10. The fraction of sp³-hybridized carbons (Fsp3) is 0. The van der Waals surface area contributed by atoms with Crippen molar-refractivity contribution in [1.82, 2.24) is 10.2 Å². The number of benzene rings is 1. The molecule has 5 nitrogen and oxygen atoms in total. The van der Waals surface area contributed by atoms with Gasteiger partial charge in [0.2, 0.25) is 0 Å². The number of nitrogens with one attached hydrogen (secondary N) is 2. The number of para-hydroxylation sites is 1. The van der Waals surface area contributed by atoms with Crippen LogP contribution in [0.4, 0.5) is 5.69 Å². The highest BCUT2D eigenvalue weighted by Gasteiger charge is 2.14. The molecule has 90 valence electrons. The van der Waals surface area contributed by atoms with Crippen LogP contribution in [-0.4, -0.2) is 16.1 Å². The zero-order chi connectivity index (χ0) is 12.5. The number of H-pyrrole nitrogens is 1. The van der Waals surface area contributed by atoms with E-state index < -0.39 is 0 Å². The van der Waals surface area contributed by atoms with Crippen molar-refractivity contribution in [3.05, 3.63) is 46.9 Å². The molecule has 2 N–H and O–H groups in total. The van der Waals surface area contributed by atoms with E-state index in [1.54, 1.807) is 12.3 Å². The number of carbonyl (C=O) groups is 1. The van der Waals surface area contributed by atoms with Crippen LogP contribution in [0.2, 0.25) is 0 Å². The molecule has 2 heterocycles. The Morgan fingerprint density at radius 3 is 3.06 bits per heavy atom. The number of aromatic amines is 1. The molecule has 3 rings (SSSR count). The molecule has 0 bridgehead atoms. The van der Waals surface area contributed by atoms with E-state index in [1.807, 2.05) is 18.2 Å². The summed E-state index contributed by atoms with van der Waals surface area (Å²) in [5, 5.41) is 9.92. The molecule has 1 amide bonds. The molecule has 0 aliphatic carbocycles. The topological polar surface area (TPSA) is 70.9 Å². The van der Waals surface area contributed by atoms with E-state index >= 15 is 0 Å². The van der Waals surface area contributed by atoms with E-state index in [1.165, 1.54) is 6.20 Å². The molecule has 2 aromatic heterocycles. The average Bonchev–Trinajstić information content (AvgIpc) is 2.97. The predicted molar refractivity (Wildman–Crippen MR) is 70.5 cm³/mol. The minimum atomic E-state index is -0.306. The fourth-order valence-electron chi connectivity index (χ4n) is 1.65. The van der Waals surface area contributed by atoms with Gasteiger partial charge in [-0.15, -0.1) is 0 Å². The summed E-state index contributed by atoms with van der Waals surface area (Å²) in [7, 11) is 0. The Morgan fingerprint density at radius 2 is 2.33 bits per heavy atom. The molecular formula is C12H8BrN3O2. The van der Waals surface area contributed by atoms with Gasteiger partial charge < -0.3 is 9.73 Å². The molecule has 0 spiro atoms. The first-order valence-electron chi connectivity index (χ1n) is 5.22. The number of rotatable bonds is 2. The van der Waals surface area contributed by atoms with Crippen LogP contribution in [0.1, 0.15) is 10.6 Å². The van der Waals surface area contributed by atoms with E-state index in [4.69, 9.17) is 4.42 Å². The van der Waals surface area contributed by atoms with Crippen molar-refractivity contribution >= 4 is 38.5 Å². The van der Waals surface area contributed by atoms with E-state index in [0.29, 0.717) is 11.3 Å². The first kappa shape index (κ1) is 11.0. The molecule has 0 aliphatic heterocycles. The molecule has 0 atom stereocenters. The van der Waals surface area contributed by atoms with Gasteiger partial charge in [-0.05, 0) is 28.1 Å². The maximum Gasteiger partial charge on any atom is 0.291 e. The number of hydrogen-bond donors (Lipinski definition) is 2. The number of carbonyl (C=O) groups excluding carboxylic acids is 1. The first-order valence-corrected chi connectivity index (χ1v) is 6.01. The molecule has 18 heavy (non-hydrogen) atoms. The van der Waals surface area contributed by atoms with Crippen molar-refractivity contribution in [3.8, 4) is 0 Å². The summed E-state index contributed by atoms with van der Waals surface area (Å²) >= 11 is 3.38. The van der Waals surface area contributed by atoms with Crippen LogP contribution in [0, 0.1) is 0 Å². The molecule has 3 aromatic rings. The van der Waals surface area contributed by atoms with E-state index in [-0.39, 0.29) is 11.7 Å².